The van der Waals surface area contributed by atoms with Crippen molar-refractivity contribution in [3.05, 3.63) is 35.9 Å². The summed E-state index contributed by atoms with van der Waals surface area (Å²) in [5, 5.41) is 3.76. The number of hydrogen-bond donors (Lipinski definition) is 1. The Kier molecular flexibility index (Phi) is 7.08. The van der Waals surface area contributed by atoms with Crippen LogP contribution in [-0.2, 0) is 6.42 Å². The van der Waals surface area contributed by atoms with Crippen LogP contribution in [0.1, 0.15) is 26.3 Å². The molecule has 21 heavy (non-hydrogen) atoms. The zero-order valence-corrected chi connectivity index (χ0v) is 14.5. The lowest BCUT2D eigenvalue weighted by molar-refractivity contribution is 0.120. The maximum absolute atomic E-state index is 3.76. The summed E-state index contributed by atoms with van der Waals surface area (Å²) in [4.78, 5) is 2.72. The highest BCUT2D eigenvalue weighted by molar-refractivity contribution is 7.99. The second-order valence-corrected chi connectivity index (χ2v) is 7.69. The van der Waals surface area contributed by atoms with Crippen molar-refractivity contribution in [2.45, 2.75) is 39.3 Å². The summed E-state index contributed by atoms with van der Waals surface area (Å²) in [6.07, 6.45) is 1.16. The summed E-state index contributed by atoms with van der Waals surface area (Å²) >= 11 is 2.06. The standard InChI is InChI=1S/C18H30N2S/c1-4-21-11-10-20-14-18(15(2)3)19-13-17(20)12-16-8-6-5-7-9-16/h5-9,15,17-19H,4,10-14H2,1-3H3. The van der Waals surface area contributed by atoms with E-state index in [4.69, 9.17) is 0 Å². The molecule has 2 nitrogen and oxygen atoms in total. The van der Waals surface area contributed by atoms with E-state index in [1.54, 1.807) is 0 Å². The molecule has 118 valence electrons. The van der Waals surface area contributed by atoms with E-state index < -0.39 is 0 Å². The molecule has 0 saturated carbocycles. The summed E-state index contributed by atoms with van der Waals surface area (Å²) in [5.74, 6) is 3.19. The monoisotopic (exact) mass is 306 g/mol. The Balaban J connectivity index is 1.96. The lowest BCUT2D eigenvalue weighted by Gasteiger charge is -2.42. The fourth-order valence-electron chi connectivity index (χ4n) is 3.02. The highest BCUT2D eigenvalue weighted by Gasteiger charge is 2.28. The van der Waals surface area contributed by atoms with Crippen LogP contribution in [0.4, 0.5) is 0 Å². The minimum Gasteiger partial charge on any atom is -0.311 e. The van der Waals surface area contributed by atoms with Gasteiger partial charge in [-0.05, 0) is 23.7 Å². The first-order valence-electron chi connectivity index (χ1n) is 8.29. The Hall–Kier alpha value is -0.510. The summed E-state index contributed by atoms with van der Waals surface area (Å²) in [5.41, 5.74) is 1.46. The number of nitrogens with one attached hydrogen (secondary N) is 1. The normalized spacial score (nSPS) is 23.6. The number of nitrogens with zero attached hydrogens (tertiary/aromatic N) is 1. The highest BCUT2D eigenvalue weighted by atomic mass is 32.2. The highest BCUT2D eigenvalue weighted by Crippen LogP contribution is 2.17. The topological polar surface area (TPSA) is 15.3 Å². The van der Waals surface area contributed by atoms with Gasteiger partial charge >= 0.3 is 0 Å². The molecular weight excluding hydrogens is 276 g/mol. The predicted octanol–water partition coefficient (Wildman–Crippen LogP) is 3.28. The van der Waals surface area contributed by atoms with Gasteiger partial charge in [-0.3, -0.25) is 4.90 Å². The van der Waals surface area contributed by atoms with Crippen molar-refractivity contribution in [1.82, 2.24) is 10.2 Å². The Morgan fingerprint density at radius 3 is 2.71 bits per heavy atom. The number of hydrogen-bond acceptors (Lipinski definition) is 3. The van der Waals surface area contributed by atoms with Gasteiger partial charge in [0.15, 0.2) is 0 Å². The van der Waals surface area contributed by atoms with E-state index in [0.717, 1.165) is 13.0 Å². The molecule has 1 N–H and O–H groups in total. The Bertz CT molecular complexity index is 393. The molecule has 0 spiro atoms. The van der Waals surface area contributed by atoms with Crippen LogP contribution in [-0.4, -0.2) is 48.1 Å². The number of rotatable bonds is 7. The van der Waals surface area contributed by atoms with E-state index in [-0.39, 0.29) is 0 Å². The predicted molar refractivity (Wildman–Crippen MR) is 95.1 cm³/mol. The van der Waals surface area contributed by atoms with Gasteiger partial charge in [0.05, 0.1) is 0 Å². The van der Waals surface area contributed by atoms with Crippen LogP contribution in [0.25, 0.3) is 0 Å². The van der Waals surface area contributed by atoms with Crippen LogP contribution in [0.5, 0.6) is 0 Å². The fourth-order valence-corrected chi connectivity index (χ4v) is 3.67. The largest absolute Gasteiger partial charge is 0.311 e. The second kappa shape index (κ2) is 8.82. The summed E-state index contributed by atoms with van der Waals surface area (Å²) < 4.78 is 0. The molecule has 0 aromatic heterocycles. The van der Waals surface area contributed by atoms with Crippen molar-refractivity contribution < 1.29 is 0 Å². The van der Waals surface area contributed by atoms with Gasteiger partial charge in [-0.15, -0.1) is 0 Å². The maximum Gasteiger partial charge on any atom is 0.0262 e. The molecule has 1 heterocycles. The SMILES string of the molecule is CCSCCN1CC(C(C)C)NCC1Cc1ccccc1. The molecule has 1 aromatic carbocycles. The lowest BCUT2D eigenvalue weighted by atomic mass is 9.96. The first-order chi connectivity index (χ1) is 10.2. The number of benzene rings is 1. The zero-order chi connectivity index (χ0) is 15.1. The third kappa shape index (κ3) is 5.32. The van der Waals surface area contributed by atoms with E-state index in [0.29, 0.717) is 18.0 Å². The van der Waals surface area contributed by atoms with E-state index in [9.17, 15) is 0 Å². The smallest absolute Gasteiger partial charge is 0.0262 e. The summed E-state index contributed by atoms with van der Waals surface area (Å²) in [6.45, 7) is 10.4. The molecule has 1 aliphatic heterocycles. The van der Waals surface area contributed by atoms with Gasteiger partial charge in [0.2, 0.25) is 0 Å². The molecule has 2 rings (SSSR count). The molecule has 0 aliphatic carbocycles. The van der Waals surface area contributed by atoms with Crippen LogP contribution in [0.2, 0.25) is 0 Å². The molecular formula is C18H30N2S. The first kappa shape index (κ1) is 16.9. The average Bonchev–Trinajstić information content (AvgIpc) is 2.50. The summed E-state index contributed by atoms with van der Waals surface area (Å²) in [6, 6.07) is 12.2. The lowest BCUT2D eigenvalue weighted by Crippen LogP contribution is -2.59. The van der Waals surface area contributed by atoms with Crippen molar-refractivity contribution in [1.29, 1.82) is 0 Å². The van der Waals surface area contributed by atoms with Gasteiger partial charge in [-0.25, -0.2) is 0 Å². The Morgan fingerprint density at radius 1 is 1.29 bits per heavy atom. The molecule has 1 saturated heterocycles. The third-order valence-electron chi connectivity index (χ3n) is 4.41. The number of piperazine rings is 1. The van der Waals surface area contributed by atoms with E-state index in [1.165, 1.54) is 30.2 Å². The van der Waals surface area contributed by atoms with Crippen molar-refractivity contribution >= 4 is 11.8 Å². The van der Waals surface area contributed by atoms with E-state index in [1.807, 2.05) is 0 Å². The molecule has 0 bridgehead atoms. The third-order valence-corrected chi connectivity index (χ3v) is 5.29. The second-order valence-electron chi connectivity index (χ2n) is 6.29. The van der Waals surface area contributed by atoms with Gasteiger partial charge in [-0.1, -0.05) is 51.1 Å². The van der Waals surface area contributed by atoms with E-state index >= 15 is 0 Å². The van der Waals surface area contributed by atoms with Crippen LogP contribution >= 0.6 is 11.8 Å². The van der Waals surface area contributed by atoms with Gasteiger partial charge in [-0.2, -0.15) is 11.8 Å². The molecule has 0 radical (unpaired) electrons. The first-order valence-corrected chi connectivity index (χ1v) is 9.45. The Labute approximate surface area is 134 Å². The van der Waals surface area contributed by atoms with Gasteiger partial charge < -0.3 is 5.32 Å². The van der Waals surface area contributed by atoms with E-state index in [2.05, 4.69) is 73.1 Å². The quantitative estimate of drug-likeness (QED) is 0.778. The Morgan fingerprint density at radius 2 is 2.05 bits per heavy atom. The molecule has 3 heteroatoms. The molecule has 2 unspecified atom stereocenters. The fraction of sp³-hybridized carbons (Fsp3) is 0.667. The zero-order valence-electron chi connectivity index (χ0n) is 13.7. The van der Waals surface area contributed by atoms with Gasteiger partial charge in [0.25, 0.3) is 0 Å². The average molecular weight is 307 g/mol. The molecule has 0 amide bonds. The van der Waals surface area contributed by atoms with Crippen molar-refractivity contribution in [2.24, 2.45) is 5.92 Å². The minimum atomic E-state index is 0.639. The van der Waals surface area contributed by atoms with Crippen LogP contribution in [0, 0.1) is 5.92 Å². The molecule has 2 atom stereocenters. The van der Waals surface area contributed by atoms with Crippen molar-refractivity contribution in [3.8, 4) is 0 Å². The summed E-state index contributed by atoms with van der Waals surface area (Å²) in [7, 11) is 0. The van der Waals surface area contributed by atoms with Crippen LogP contribution in [0.3, 0.4) is 0 Å². The van der Waals surface area contributed by atoms with Crippen molar-refractivity contribution in [2.75, 3.05) is 31.1 Å². The van der Waals surface area contributed by atoms with Gasteiger partial charge in [0, 0.05) is 37.5 Å². The minimum absolute atomic E-state index is 0.639. The molecule has 1 fully saturated rings. The molecule has 1 aromatic rings. The van der Waals surface area contributed by atoms with Crippen LogP contribution in [0.15, 0.2) is 30.3 Å². The van der Waals surface area contributed by atoms with Crippen molar-refractivity contribution in [3.63, 3.8) is 0 Å². The van der Waals surface area contributed by atoms with Crippen LogP contribution < -0.4 is 5.32 Å². The maximum atomic E-state index is 3.76. The number of thioether (sulfide) groups is 1. The molecule has 1 aliphatic rings. The van der Waals surface area contributed by atoms with Gasteiger partial charge in [0.1, 0.15) is 0 Å².